The topological polar surface area (TPSA) is 28.2 Å². The van der Waals surface area contributed by atoms with E-state index >= 15 is 0 Å². The molecule has 4 heteroatoms. The van der Waals surface area contributed by atoms with Gasteiger partial charge in [-0.05, 0) is 12.1 Å². The highest BCUT2D eigenvalue weighted by atomic mass is 19.1. The molecule has 1 aromatic heterocycles. The van der Waals surface area contributed by atoms with E-state index in [-0.39, 0.29) is 5.82 Å². The Bertz CT molecular complexity index is 535. The van der Waals surface area contributed by atoms with Crippen molar-refractivity contribution >= 4 is 16.6 Å². The highest BCUT2D eigenvalue weighted by Gasteiger charge is 2.15. The molecule has 2 aromatic rings. The number of benzene rings is 1. The molecular weight excluding hydrogens is 217 g/mol. The van der Waals surface area contributed by atoms with Gasteiger partial charge < -0.3 is 10.2 Å². The summed E-state index contributed by atoms with van der Waals surface area (Å²) >= 11 is 0. The fourth-order valence-electron chi connectivity index (χ4n) is 2.23. The Morgan fingerprint density at radius 2 is 2.06 bits per heavy atom. The maximum absolute atomic E-state index is 14.0. The van der Waals surface area contributed by atoms with E-state index in [4.69, 9.17) is 0 Å². The Morgan fingerprint density at radius 3 is 2.88 bits per heavy atom. The lowest BCUT2D eigenvalue weighted by Crippen LogP contribution is -2.43. The standard InChI is InChI=1S/C13H14FN3/c14-11-9-12-10(2-1-3-16-12)8-13(11)17-6-4-15-5-7-17/h1-3,8-9,15H,4-7H2. The quantitative estimate of drug-likeness (QED) is 0.811. The summed E-state index contributed by atoms with van der Waals surface area (Å²) in [6.07, 6.45) is 1.69. The number of aromatic nitrogens is 1. The van der Waals surface area contributed by atoms with Crippen LogP contribution in [0.2, 0.25) is 0 Å². The largest absolute Gasteiger partial charge is 0.367 e. The summed E-state index contributed by atoms with van der Waals surface area (Å²) in [5, 5.41) is 4.25. The zero-order valence-electron chi connectivity index (χ0n) is 9.49. The number of nitrogens with zero attached hydrogens (tertiary/aromatic N) is 2. The average Bonchev–Trinajstić information content (AvgIpc) is 2.39. The van der Waals surface area contributed by atoms with Gasteiger partial charge in [-0.3, -0.25) is 4.98 Å². The lowest BCUT2D eigenvalue weighted by atomic mass is 10.1. The van der Waals surface area contributed by atoms with Gasteiger partial charge in [0.1, 0.15) is 5.82 Å². The SMILES string of the molecule is Fc1cc2ncccc2cc1N1CCNCC1. The van der Waals surface area contributed by atoms with Crippen LogP contribution in [0.25, 0.3) is 10.9 Å². The molecule has 3 nitrogen and oxygen atoms in total. The molecule has 1 aromatic carbocycles. The molecule has 3 rings (SSSR count). The van der Waals surface area contributed by atoms with E-state index in [9.17, 15) is 4.39 Å². The third-order valence-corrected chi connectivity index (χ3v) is 3.13. The molecule has 1 saturated heterocycles. The van der Waals surface area contributed by atoms with Gasteiger partial charge in [0.05, 0.1) is 11.2 Å². The van der Waals surface area contributed by atoms with Crippen molar-refractivity contribution in [3.05, 3.63) is 36.3 Å². The van der Waals surface area contributed by atoms with E-state index in [1.54, 1.807) is 6.20 Å². The molecule has 0 amide bonds. The van der Waals surface area contributed by atoms with E-state index in [1.165, 1.54) is 6.07 Å². The molecule has 1 fully saturated rings. The summed E-state index contributed by atoms with van der Waals surface area (Å²) in [5.74, 6) is -0.182. The van der Waals surface area contributed by atoms with Gasteiger partial charge in [-0.2, -0.15) is 0 Å². The Morgan fingerprint density at radius 1 is 1.24 bits per heavy atom. The van der Waals surface area contributed by atoms with Crippen LogP contribution in [0.1, 0.15) is 0 Å². The summed E-state index contributed by atoms with van der Waals surface area (Å²) < 4.78 is 14.0. The average molecular weight is 231 g/mol. The Hall–Kier alpha value is -1.68. The summed E-state index contributed by atoms with van der Waals surface area (Å²) in [7, 11) is 0. The number of hydrogen-bond acceptors (Lipinski definition) is 3. The molecule has 0 spiro atoms. The van der Waals surface area contributed by atoms with Gasteiger partial charge in [0.15, 0.2) is 0 Å². The van der Waals surface area contributed by atoms with E-state index in [0.717, 1.165) is 31.6 Å². The number of piperazine rings is 1. The van der Waals surface area contributed by atoms with Gasteiger partial charge in [0.2, 0.25) is 0 Å². The van der Waals surface area contributed by atoms with Crippen LogP contribution in [0.4, 0.5) is 10.1 Å². The van der Waals surface area contributed by atoms with Crippen LogP contribution in [0, 0.1) is 5.82 Å². The van der Waals surface area contributed by atoms with Crippen LogP contribution in [0.3, 0.4) is 0 Å². The van der Waals surface area contributed by atoms with Crippen LogP contribution < -0.4 is 10.2 Å². The van der Waals surface area contributed by atoms with Crippen molar-refractivity contribution in [3.8, 4) is 0 Å². The number of halogens is 1. The zero-order chi connectivity index (χ0) is 11.7. The molecule has 88 valence electrons. The number of pyridine rings is 1. The van der Waals surface area contributed by atoms with Crippen molar-refractivity contribution in [1.29, 1.82) is 0 Å². The summed E-state index contributed by atoms with van der Waals surface area (Å²) in [6.45, 7) is 3.51. The predicted octanol–water partition coefficient (Wildman–Crippen LogP) is 1.78. The van der Waals surface area contributed by atoms with Crippen LogP contribution in [0.15, 0.2) is 30.5 Å². The molecule has 0 aliphatic carbocycles. The van der Waals surface area contributed by atoms with Crippen LogP contribution in [-0.4, -0.2) is 31.2 Å². The number of nitrogens with one attached hydrogen (secondary N) is 1. The lowest BCUT2D eigenvalue weighted by Gasteiger charge is -2.29. The predicted molar refractivity (Wildman–Crippen MR) is 66.8 cm³/mol. The molecule has 1 aliphatic rings. The third-order valence-electron chi connectivity index (χ3n) is 3.13. The van der Waals surface area contributed by atoms with Crippen molar-refractivity contribution in [3.63, 3.8) is 0 Å². The first-order valence-electron chi connectivity index (χ1n) is 5.84. The van der Waals surface area contributed by atoms with Crippen molar-refractivity contribution in [2.24, 2.45) is 0 Å². The molecule has 1 aliphatic heterocycles. The third kappa shape index (κ3) is 1.96. The van der Waals surface area contributed by atoms with Crippen LogP contribution in [-0.2, 0) is 0 Å². The summed E-state index contributed by atoms with van der Waals surface area (Å²) in [6, 6.07) is 7.25. The zero-order valence-corrected chi connectivity index (χ0v) is 9.49. The molecule has 1 N–H and O–H groups in total. The number of rotatable bonds is 1. The van der Waals surface area contributed by atoms with Gasteiger partial charge in [-0.1, -0.05) is 6.07 Å². The molecule has 0 radical (unpaired) electrons. The van der Waals surface area contributed by atoms with Gasteiger partial charge in [0, 0.05) is 43.8 Å². The first-order valence-corrected chi connectivity index (χ1v) is 5.84. The van der Waals surface area contributed by atoms with Gasteiger partial charge in [-0.25, -0.2) is 4.39 Å². The number of anilines is 1. The molecule has 17 heavy (non-hydrogen) atoms. The molecule has 0 saturated carbocycles. The lowest BCUT2D eigenvalue weighted by molar-refractivity contribution is 0.567. The highest BCUT2D eigenvalue weighted by Crippen LogP contribution is 2.25. The fourth-order valence-corrected chi connectivity index (χ4v) is 2.23. The van der Waals surface area contributed by atoms with Gasteiger partial charge >= 0.3 is 0 Å². The molecule has 0 atom stereocenters. The summed E-state index contributed by atoms with van der Waals surface area (Å²) in [5.41, 5.74) is 1.40. The van der Waals surface area contributed by atoms with E-state index in [1.807, 2.05) is 18.2 Å². The fraction of sp³-hybridized carbons (Fsp3) is 0.308. The maximum atomic E-state index is 14.0. The second-order valence-electron chi connectivity index (χ2n) is 4.24. The molecule has 0 bridgehead atoms. The van der Waals surface area contributed by atoms with Crippen LogP contribution >= 0.6 is 0 Å². The number of hydrogen-bond donors (Lipinski definition) is 1. The van der Waals surface area contributed by atoms with E-state index < -0.39 is 0 Å². The monoisotopic (exact) mass is 231 g/mol. The Balaban J connectivity index is 2.06. The highest BCUT2D eigenvalue weighted by molar-refractivity contribution is 5.82. The maximum Gasteiger partial charge on any atom is 0.148 e. The van der Waals surface area contributed by atoms with Gasteiger partial charge in [0.25, 0.3) is 0 Å². The van der Waals surface area contributed by atoms with Crippen LogP contribution in [0.5, 0.6) is 0 Å². The summed E-state index contributed by atoms with van der Waals surface area (Å²) in [4.78, 5) is 6.24. The smallest absolute Gasteiger partial charge is 0.148 e. The van der Waals surface area contributed by atoms with E-state index in [0.29, 0.717) is 11.2 Å². The second kappa shape index (κ2) is 4.30. The van der Waals surface area contributed by atoms with E-state index in [2.05, 4.69) is 15.2 Å². The Labute approximate surface area is 99.3 Å². The van der Waals surface area contributed by atoms with Crippen molar-refractivity contribution < 1.29 is 4.39 Å². The minimum Gasteiger partial charge on any atom is -0.367 e. The first kappa shape index (κ1) is 10.5. The number of fused-ring (bicyclic) bond motifs is 1. The van der Waals surface area contributed by atoms with Crippen molar-refractivity contribution in [1.82, 2.24) is 10.3 Å². The molecule has 2 heterocycles. The first-order chi connectivity index (χ1) is 8.34. The minimum absolute atomic E-state index is 0.182. The second-order valence-corrected chi connectivity index (χ2v) is 4.24. The normalized spacial score (nSPS) is 16.4. The van der Waals surface area contributed by atoms with Crippen molar-refractivity contribution in [2.45, 2.75) is 0 Å². The Kier molecular flexibility index (Phi) is 2.65. The minimum atomic E-state index is -0.182. The molecular formula is C13H14FN3. The molecule has 0 unspecified atom stereocenters. The van der Waals surface area contributed by atoms with Gasteiger partial charge in [-0.15, -0.1) is 0 Å². The van der Waals surface area contributed by atoms with Crippen molar-refractivity contribution in [2.75, 3.05) is 31.1 Å².